The molecule has 4 fully saturated rings. The monoisotopic (exact) mass is 343 g/mol. The van der Waals surface area contributed by atoms with Crippen LogP contribution in [0.4, 0.5) is 0 Å². The van der Waals surface area contributed by atoms with E-state index in [1.54, 1.807) is 0 Å². The molecule has 4 aliphatic rings. The van der Waals surface area contributed by atoms with Gasteiger partial charge in [-0.3, -0.25) is 0 Å². The van der Waals surface area contributed by atoms with E-state index in [0.717, 1.165) is 29.4 Å². The average molecular weight is 344 g/mol. The molecule has 4 saturated carbocycles. The Labute approximate surface area is 156 Å². The van der Waals surface area contributed by atoms with Crippen LogP contribution in [-0.2, 0) is 0 Å². The van der Waals surface area contributed by atoms with Crippen LogP contribution in [0.1, 0.15) is 98.8 Å². The Balaban J connectivity index is 1.70. The highest BCUT2D eigenvalue weighted by molar-refractivity contribution is 5.82. The van der Waals surface area contributed by atoms with Crippen LogP contribution in [0.5, 0.6) is 0 Å². The second-order valence-electron chi connectivity index (χ2n) is 11.3. The molecular formula is C24H41N. The minimum Gasteiger partial charge on any atom is -0.310 e. The summed E-state index contributed by atoms with van der Waals surface area (Å²) in [6, 6.07) is 0. The second kappa shape index (κ2) is 5.83. The first-order valence-electron chi connectivity index (χ1n) is 11.3. The summed E-state index contributed by atoms with van der Waals surface area (Å²) in [7, 11) is 0. The fourth-order valence-electron chi connectivity index (χ4n) is 9.25. The SMILES string of the molecule is CCC12CCC3(C)CC(C)CCC3C1CCC1(C)C(C(C)=N)CCC12. The van der Waals surface area contributed by atoms with E-state index in [1.165, 1.54) is 64.2 Å². The quantitative estimate of drug-likeness (QED) is 0.517. The van der Waals surface area contributed by atoms with E-state index >= 15 is 0 Å². The van der Waals surface area contributed by atoms with Crippen molar-refractivity contribution in [1.82, 2.24) is 0 Å². The highest BCUT2D eigenvalue weighted by atomic mass is 14.7. The topological polar surface area (TPSA) is 23.9 Å². The third kappa shape index (κ3) is 2.36. The standard InChI is InChI=1S/C24H41N/c1-6-24-14-13-22(4)15-16(2)7-8-19(22)20(24)11-12-23(5)18(17(3)25)9-10-21(23)24/h16,18-21,25H,6-15H2,1-5H3. The van der Waals surface area contributed by atoms with Gasteiger partial charge in [0.05, 0.1) is 0 Å². The van der Waals surface area contributed by atoms with Crippen molar-refractivity contribution in [3.8, 4) is 0 Å². The highest BCUT2D eigenvalue weighted by Gasteiger charge is 2.64. The zero-order valence-corrected chi connectivity index (χ0v) is 17.5. The average Bonchev–Trinajstić information content (AvgIpc) is 2.91. The molecule has 4 aliphatic carbocycles. The molecule has 142 valence electrons. The molecule has 4 rings (SSSR count). The third-order valence-corrected chi connectivity index (χ3v) is 10.3. The lowest BCUT2D eigenvalue weighted by Gasteiger charge is -2.65. The molecule has 0 spiro atoms. The molecule has 8 unspecified atom stereocenters. The van der Waals surface area contributed by atoms with Crippen molar-refractivity contribution in [2.24, 2.45) is 45.8 Å². The Hall–Kier alpha value is -0.330. The molecular weight excluding hydrogens is 302 g/mol. The molecule has 25 heavy (non-hydrogen) atoms. The molecule has 0 bridgehead atoms. The predicted octanol–water partition coefficient (Wildman–Crippen LogP) is 7.10. The van der Waals surface area contributed by atoms with Crippen molar-refractivity contribution in [2.45, 2.75) is 98.8 Å². The van der Waals surface area contributed by atoms with E-state index in [4.69, 9.17) is 5.41 Å². The van der Waals surface area contributed by atoms with Gasteiger partial charge < -0.3 is 5.41 Å². The van der Waals surface area contributed by atoms with E-state index in [9.17, 15) is 0 Å². The highest BCUT2D eigenvalue weighted by Crippen LogP contribution is 2.72. The summed E-state index contributed by atoms with van der Waals surface area (Å²) in [5.41, 5.74) is 2.63. The van der Waals surface area contributed by atoms with Crippen LogP contribution in [0.25, 0.3) is 0 Å². The predicted molar refractivity (Wildman–Crippen MR) is 107 cm³/mol. The second-order valence-corrected chi connectivity index (χ2v) is 11.3. The molecule has 0 amide bonds. The van der Waals surface area contributed by atoms with Crippen molar-refractivity contribution in [3.63, 3.8) is 0 Å². The lowest BCUT2D eigenvalue weighted by Crippen LogP contribution is -2.58. The van der Waals surface area contributed by atoms with Gasteiger partial charge in [0.15, 0.2) is 0 Å². The maximum absolute atomic E-state index is 8.39. The Kier molecular flexibility index (Phi) is 4.21. The van der Waals surface area contributed by atoms with E-state index in [-0.39, 0.29) is 0 Å². The lowest BCUT2D eigenvalue weighted by molar-refractivity contribution is -0.162. The zero-order valence-electron chi connectivity index (χ0n) is 17.5. The molecule has 0 aromatic heterocycles. The number of hydrogen-bond donors (Lipinski definition) is 1. The van der Waals surface area contributed by atoms with E-state index in [2.05, 4.69) is 34.6 Å². The van der Waals surface area contributed by atoms with Crippen molar-refractivity contribution in [1.29, 1.82) is 5.41 Å². The van der Waals surface area contributed by atoms with Gasteiger partial charge in [-0.05, 0) is 105 Å². The summed E-state index contributed by atoms with van der Waals surface area (Å²) >= 11 is 0. The number of rotatable bonds is 2. The van der Waals surface area contributed by atoms with Gasteiger partial charge in [0, 0.05) is 11.6 Å². The van der Waals surface area contributed by atoms with Gasteiger partial charge in [0.25, 0.3) is 0 Å². The number of fused-ring (bicyclic) bond motifs is 5. The molecule has 1 heteroatoms. The molecule has 1 nitrogen and oxygen atoms in total. The van der Waals surface area contributed by atoms with Gasteiger partial charge in [0.1, 0.15) is 0 Å². The third-order valence-electron chi connectivity index (χ3n) is 10.3. The van der Waals surface area contributed by atoms with Gasteiger partial charge in [-0.1, -0.05) is 34.1 Å². The van der Waals surface area contributed by atoms with Gasteiger partial charge >= 0.3 is 0 Å². The van der Waals surface area contributed by atoms with Gasteiger partial charge in [0.2, 0.25) is 0 Å². The molecule has 0 aromatic carbocycles. The zero-order chi connectivity index (χ0) is 18.0. The van der Waals surface area contributed by atoms with Crippen LogP contribution in [0.3, 0.4) is 0 Å². The molecule has 0 heterocycles. The summed E-state index contributed by atoms with van der Waals surface area (Å²) < 4.78 is 0. The van der Waals surface area contributed by atoms with Crippen LogP contribution < -0.4 is 0 Å². The molecule has 0 saturated heterocycles. The minimum absolute atomic E-state index is 0.425. The first-order chi connectivity index (χ1) is 11.8. The minimum atomic E-state index is 0.425. The van der Waals surface area contributed by atoms with Crippen molar-refractivity contribution < 1.29 is 0 Å². The molecule has 8 atom stereocenters. The fraction of sp³-hybridized carbons (Fsp3) is 0.958. The van der Waals surface area contributed by atoms with Gasteiger partial charge in [-0.15, -0.1) is 0 Å². The summed E-state index contributed by atoms with van der Waals surface area (Å²) in [6.45, 7) is 12.3. The molecule has 0 aromatic rings. The first kappa shape index (κ1) is 18.1. The molecule has 0 radical (unpaired) electrons. The van der Waals surface area contributed by atoms with Crippen LogP contribution in [0.2, 0.25) is 0 Å². The number of hydrogen-bond acceptors (Lipinski definition) is 1. The van der Waals surface area contributed by atoms with Crippen LogP contribution in [-0.4, -0.2) is 5.71 Å². The van der Waals surface area contributed by atoms with Crippen molar-refractivity contribution in [3.05, 3.63) is 0 Å². The lowest BCUT2D eigenvalue weighted by atomic mass is 9.39. The van der Waals surface area contributed by atoms with Crippen molar-refractivity contribution in [2.75, 3.05) is 0 Å². The van der Waals surface area contributed by atoms with Crippen LogP contribution in [0.15, 0.2) is 0 Å². The normalized spacial score (nSPS) is 55.2. The Morgan fingerprint density at radius 2 is 1.72 bits per heavy atom. The number of nitrogens with one attached hydrogen (secondary N) is 1. The van der Waals surface area contributed by atoms with Crippen LogP contribution in [0, 0.1) is 51.2 Å². The maximum Gasteiger partial charge on any atom is 0.00946 e. The van der Waals surface area contributed by atoms with Gasteiger partial charge in [-0.2, -0.15) is 0 Å². The Morgan fingerprint density at radius 1 is 0.960 bits per heavy atom. The summed E-state index contributed by atoms with van der Waals surface area (Å²) in [6.07, 6.45) is 14.4. The maximum atomic E-state index is 8.39. The summed E-state index contributed by atoms with van der Waals surface area (Å²) in [5.74, 6) is 4.37. The molecule has 1 N–H and O–H groups in total. The fourth-order valence-corrected chi connectivity index (χ4v) is 9.25. The van der Waals surface area contributed by atoms with E-state index < -0.39 is 0 Å². The van der Waals surface area contributed by atoms with Gasteiger partial charge in [-0.25, -0.2) is 0 Å². The summed E-state index contributed by atoms with van der Waals surface area (Å²) in [5, 5.41) is 8.39. The van der Waals surface area contributed by atoms with E-state index in [0.29, 0.717) is 22.2 Å². The Bertz CT molecular complexity index is 552. The van der Waals surface area contributed by atoms with Crippen LogP contribution >= 0.6 is 0 Å². The largest absolute Gasteiger partial charge is 0.310 e. The summed E-state index contributed by atoms with van der Waals surface area (Å²) in [4.78, 5) is 0. The first-order valence-corrected chi connectivity index (χ1v) is 11.3. The Morgan fingerprint density at radius 3 is 2.40 bits per heavy atom. The van der Waals surface area contributed by atoms with Crippen molar-refractivity contribution >= 4 is 5.71 Å². The van der Waals surface area contributed by atoms with E-state index in [1.807, 2.05) is 0 Å². The smallest absolute Gasteiger partial charge is 0.00946 e. The molecule has 0 aliphatic heterocycles.